The molecule has 0 aliphatic heterocycles. The van der Waals surface area contributed by atoms with Crippen molar-refractivity contribution in [3.63, 3.8) is 0 Å². The fourth-order valence-corrected chi connectivity index (χ4v) is 1.94. The number of carbonyl (C=O) groups is 1. The fraction of sp³-hybridized carbons (Fsp3) is 0.250. The summed E-state index contributed by atoms with van der Waals surface area (Å²) in [5.74, 6) is 0.565. The molecule has 1 heterocycles. The molecule has 0 saturated heterocycles. The molecule has 2 aromatic rings. The van der Waals surface area contributed by atoms with E-state index in [1.165, 1.54) is 0 Å². The van der Waals surface area contributed by atoms with E-state index in [2.05, 4.69) is 22.9 Å². The first-order valence-corrected chi connectivity index (χ1v) is 5.83. The van der Waals surface area contributed by atoms with Gasteiger partial charge in [0.25, 0.3) is 0 Å². The molecule has 0 fully saturated rings. The third kappa shape index (κ3) is 2.07. The number of hydrogen-bond donors (Lipinski definition) is 3. The Morgan fingerprint density at radius 2 is 2.19 bits per heavy atom. The molecule has 84 valence electrons. The summed E-state index contributed by atoms with van der Waals surface area (Å²) in [5, 5.41) is 3.96. The number of aromatic nitrogens is 1. The van der Waals surface area contributed by atoms with E-state index in [4.69, 9.17) is 0 Å². The Balaban J connectivity index is 2.36. The van der Waals surface area contributed by atoms with E-state index in [9.17, 15) is 4.79 Å². The average Bonchev–Trinajstić information content (AvgIpc) is 2.56. The number of benzene rings is 1. The Bertz CT molecular complexity index is 519. The number of rotatable bonds is 3. The van der Waals surface area contributed by atoms with Gasteiger partial charge in [0.15, 0.2) is 0 Å². The Labute approximate surface area is 99.6 Å². The number of aromatic amines is 1. The zero-order valence-electron chi connectivity index (χ0n) is 9.08. The molecule has 1 aromatic carbocycles. The number of aryl methyl sites for hydroxylation is 1. The molecule has 2 rings (SSSR count). The molecule has 3 nitrogen and oxygen atoms in total. The Morgan fingerprint density at radius 1 is 1.44 bits per heavy atom. The highest BCUT2D eigenvalue weighted by atomic mass is 32.1. The van der Waals surface area contributed by atoms with Gasteiger partial charge in [-0.25, -0.2) is 0 Å². The van der Waals surface area contributed by atoms with Crippen LogP contribution in [-0.4, -0.2) is 16.6 Å². The molecule has 1 aromatic heterocycles. The van der Waals surface area contributed by atoms with Crippen molar-refractivity contribution in [2.75, 3.05) is 11.1 Å². The van der Waals surface area contributed by atoms with Crippen LogP contribution < -0.4 is 5.32 Å². The van der Waals surface area contributed by atoms with E-state index < -0.39 is 0 Å². The SMILES string of the molecule is Cc1[nH]c2ccccc2c1NC(=O)CCS. The van der Waals surface area contributed by atoms with Gasteiger partial charge in [0, 0.05) is 23.0 Å². The second-order valence-corrected chi connectivity index (χ2v) is 4.14. The van der Waals surface area contributed by atoms with Crippen LogP contribution in [-0.2, 0) is 4.79 Å². The third-order valence-electron chi connectivity index (χ3n) is 2.50. The van der Waals surface area contributed by atoms with Crippen LogP contribution in [0, 0.1) is 6.92 Å². The highest BCUT2D eigenvalue weighted by Gasteiger charge is 2.10. The molecule has 0 bridgehead atoms. The minimum Gasteiger partial charge on any atom is -0.357 e. The van der Waals surface area contributed by atoms with E-state index in [1.54, 1.807) is 0 Å². The van der Waals surface area contributed by atoms with E-state index in [0.717, 1.165) is 22.3 Å². The molecule has 0 saturated carbocycles. The van der Waals surface area contributed by atoms with Gasteiger partial charge < -0.3 is 10.3 Å². The molecule has 0 radical (unpaired) electrons. The molecule has 4 heteroatoms. The summed E-state index contributed by atoms with van der Waals surface area (Å²) in [6, 6.07) is 7.92. The monoisotopic (exact) mass is 234 g/mol. The molecular formula is C12H14N2OS. The van der Waals surface area contributed by atoms with Crippen LogP contribution in [0.15, 0.2) is 24.3 Å². The van der Waals surface area contributed by atoms with Gasteiger partial charge >= 0.3 is 0 Å². The van der Waals surface area contributed by atoms with Gasteiger partial charge in [-0.15, -0.1) is 0 Å². The maximum atomic E-state index is 11.5. The maximum absolute atomic E-state index is 11.5. The lowest BCUT2D eigenvalue weighted by Gasteiger charge is -2.03. The van der Waals surface area contributed by atoms with E-state index in [1.807, 2.05) is 31.2 Å². The van der Waals surface area contributed by atoms with Crippen LogP contribution in [0.2, 0.25) is 0 Å². The molecule has 2 N–H and O–H groups in total. The highest BCUT2D eigenvalue weighted by Crippen LogP contribution is 2.26. The first-order valence-electron chi connectivity index (χ1n) is 5.20. The van der Waals surface area contributed by atoms with Crippen molar-refractivity contribution < 1.29 is 4.79 Å². The Kier molecular flexibility index (Phi) is 3.19. The van der Waals surface area contributed by atoms with Crippen molar-refractivity contribution in [3.8, 4) is 0 Å². The van der Waals surface area contributed by atoms with Crippen LogP contribution in [0.3, 0.4) is 0 Å². The van der Waals surface area contributed by atoms with Gasteiger partial charge in [-0.1, -0.05) is 18.2 Å². The number of anilines is 1. The number of carbonyl (C=O) groups excluding carboxylic acids is 1. The van der Waals surface area contributed by atoms with Crippen molar-refractivity contribution >= 4 is 35.1 Å². The molecular weight excluding hydrogens is 220 g/mol. The maximum Gasteiger partial charge on any atom is 0.225 e. The molecule has 1 amide bonds. The van der Waals surface area contributed by atoms with Gasteiger partial charge in [0.05, 0.1) is 5.69 Å². The Hall–Kier alpha value is -1.42. The lowest BCUT2D eigenvalue weighted by molar-refractivity contribution is -0.115. The summed E-state index contributed by atoms with van der Waals surface area (Å²) >= 11 is 4.04. The lowest BCUT2D eigenvalue weighted by Crippen LogP contribution is -2.12. The van der Waals surface area contributed by atoms with Crippen LogP contribution in [0.4, 0.5) is 5.69 Å². The minimum absolute atomic E-state index is 0.00264. The number of thiol groups is 1. The summed E-state index contributed by atoms with van der Waals surface area (Å²) in [6.07, 6.45) is 0.433. The van der Waals surface area contributed by atoms with Crippen molar-refractivity contribution in [2.45, 2.75) is 13.3 Å². The van der Waals surface area contributed by atoms with E-state index >= 15 is 0 Å². The number of H-pyrrole nitrogens is 1. The standard InChI is InChI=1S/C12H14N2OS/c1-8-12(14-11(15)6-7-16)9-4-2-3-5-10(9)13-8/h2-5,13,16H,6-7H2,1H3,(H,14,15). The zero-order valence-corrected chi connectivity index (χ0v) is 9.97. The number of nitrogens with one attached hydrogen (secondary N) is 2. The van der Waals surface area contributed by atoms with Gasteiger partial charge in [0.1, 0.15) is 0 Å². The summed E-state index contributed by atoms with van der Waals surface area (Å²) in [5.41, 5.74) is 2.90. The lowest BCUT2D eigenvalue weighted by atomic mass is 10.2. The number of fused-ring (bicyclic) bond motifs is 1. The predicted octanol–water partition coefficient (Wildman–Crippen LogP) is 2.73. The van der Waals surface area contributed by atoms with Crippen LogP contribution in [0.1, 0.15) is 12.1 Å². The molecule has 0 unspecified atom stereocenters. The van der Waals surface area contributed by atoms with Gasteiger partial charge in [-0.05, 0) is 18.7 Å². The molecule has 0 aliphatic rings. The van der Waals surface area contributed by atoms with E-state index in [-0.39, 0.29) is 5.91 Å². The third-order valence-corrected chi connectivity index (χ3v) is 2.72. The average molecular weight is 234 g/mol. The largest absolute Gasteiger partial charge is 0.357 e. The minimum atomic E-state index is 0.00264. The normalized spacial score (nSPS) is 10.6. The summed E-state index contributed by atoms with van der Waals surface area (Å²) in [6.45, 7) is 1.95. The van der Waals surface area contributed by atoms with Crippen molar-refractivity contribution in [1.82, 2.24) is 4.98 Å². The van der Waals surface area contributed by atoms with Gasteiger partial charge in [-0.3, -0.25) is 4.79 Å². The number of hydrogen-bond acceptors (Lipinski definition) is 2. The molecule has 0 aliphatic carbocycles. The Morgan fingerprint density at radius 3 is 2.94 bits per heavy atom. The number of amides is 1. The van der Waals surface area contributed by atoms with Crippen molar-refractivity contribution in [2.24, 2.45) is 0 Å². The molecule has 0 atom stereocenters. The quantitative estimate of drug-likeness (QED) is 0.702. The van der Waals surface area contributed by atoms with Crippen LogP contribution >= 0.6 is 12.6 Å². The van der Waals surface area contributed by atoms with Crippen molar-refractivity contribution in [1.29, 1.82) is 0 Å². The van der Waals surface area contributed by atoms with Gasteiger partial charge in [0.2, 0.25) is 5.91 Å². The highest BCUT2D eigenvalue weighted by molar-refractivity contribution is 7.80. The first-order chi connectivity index (χ1) is 7.72. The van der Waals surface area contributed by atoms with E-state index in [0.29, 0.717) is 12.2 Å². The summed E-state index contributed by atoms with van der Waals surface area (Å²) < 4.78 is 0. The fourth-order valence-electron chi connectivity index (χ4n) is 1.74. The summed E-state index contributed by atoms with van der Waals surface area (Å²) in [4.78, 5) is 14.8. The molecule has 0 spiro atoms. The summed E-state index contributed by atoms with van der Waals surface area (Å²) in [7, 11) is 0. The zero-order chi connectivity index (χ0) is 11.5. The molecule has 16 heavy (non-hydrogen) atoms. The smallest absolute Gasteiger partial charge is 0.225 e. The van der Waals surface area contributed by atoms with Crippen molar-refractivity contribution in [3.05, 3.63) is 30.0 Å². The predicted molar refractivity (Wildman–Crippen MR) is 70.1 cm³/mol. The first kappa shape index (κ1) is 11.1. The van der Waals surface area contributed by atoms with Crippen LogP contribution in [0.25, 0.3) is 10.9 Å². The topological polar surface area (TPSA) is 44.9 Å². The van der Waals surface area contributed by atoms with Crippen LogP contribution in [0.5, 0.6) is 0 Å². The second kappa shape index (κ2) is 4.61. The second-order valence-electron chi connectivity index (χ2n) is 3.69. The number of para-hydroxylation sites is 1. The van der Waals surface area contributed by atoms with Gasteiger partial charge in [-0.2, -0.15) is 12.6 Å².